The third-order valence-corrected chi connectivity index (χ3v) is 7.37. The van der Waals surface area contributed by atoms with E-state index in [-0.39, 0.29) is 17.4 Å². The van der Waals surface area contributed by atoms with E-state index in [4.69, 9.17) is 6.57 Å². The van der Waals surface area contributed by atoms with Gasteiger partial charge in [0.05, 0.1) is 18.3 Å². The lowest BCUT2D eigenvalue weighted by Gasteiger charge is -2.55. The molecule has 3 aromatic rings. The lowest BCUT2D eigenvalue weighted by molar-refractivity contribution is -0.147. The summed E-state index contributed by atoms with van der Waals surface area (Å²) in [7, 11) is 0. The van der Waals surface area contributed by atoms with Crippen molar-refractivity contribution in [3.8, 4) is 11.1 Å². The van der Waals surface area contributed by atoms with E-state index in [0.29, 0.717) is 5.69 Å². The fourth-order valence-electron chi connectivity index (χ4n) is 5.87. The number of H-pyrrole nitrogens is 1. The van der Waals surface area contributed by atoms with Gasteiger partial charge in [0.15, 0.2) is 0 Å². The van der Waals surface area contributed by atoms with Gasteiger partial charge in [0.2, 0.25) is 11.6 Å². The quantitative estimate of drug-likeness (QED) is 0.468. The number of carbonyl (C=O) groups is 1. The third-order valence-electron chi connectivity index (χ3n) is 7.37. The van der Waals surface area contributed by atoms with Gasteiger partial charge < -0.3 is 9.80 Å². The third kappa shape index (κ3) is 2.85. The molecule has 3 heterocycles. The normalized spacial score (nSPS) is 22.2. The standard InChI is InChI=1S/C26H27N5O/c1-5-22-26(16-31(22)23(32)6-2)12-13-30(15-26)21-9-7-8-18(25(21)27-4)24-17(3)10-11-20-19(24)14-28-29-20/h6-11,14,22H,2,5,12-13,15-16H2,1,3H3,(H,28,29). The lowest BCUT2D eigenvalue weighted by Crippen LogP contribution is -2.66. The highest BCUT2D eigenvalue weighted by atomic mass is 16.2. The summed E-state index contributed by atoms with van der Waals surface area (Å²) in [5, 5.41) is 8.29. The lowest BCUT2D eigenvalue weighted by atomic mass is 9.69. The highest BCUT2D eigenvalue weighted by Gasteiger charge is 2.56. The van der Waals surface area contributed by atoms with E-state index in [1.54, 1.807) is 0 Å². The molecule has 2 fully saturated rings. The number of carbonyl (C=O) groups excluding carboxylic acids is 1. The second-order valence-electron chi connectivity index (χ2n) is 9.00. The van der Waals surface area contributed by atoms with E-state index in [0.717, 1.165) is 65.8 Å². The van der Waals surface area contributed by atoms with Gasteiger partial charge >= 0.3 is 0 Å². The van der Waals surface area contributed by atoms with E-state index >= 15 is 0 Å². The van der Waals surface area contributed by atoms with Gasteiger partial charge in [-0.15, -0.1) is 0 Å². The molecule has 2 aromatic carbocycles. The van der Waals surface area contributed by atoms with Crippen molar-refractivity contribution >= 4 is 28.2 Å². The van der Waals surface area contributed by atoms with Gasteiger partial charge in [0, 0.05) is 42.2 Å². The summed E-state index contributed by atoms with van der Waals surface area (Å²) in [6.07, 6.45) is 5.23. The summed E-state index contributed by atoms with van der Waals surface area (Å²) in [5.41, 5.74) is 5.89. The van der Waals surface area contributed by atoms with Gasteiger partial charge in [0.25, 0.3) is 0 Å². The monoisotopic (exact) mass is 425 g/mol. The molecule has 0 aliphatic carbocycles. The number of para-hydroxylation sites is 1. The summed E-state index contributed by atoms with van der Waals surface area (Å²) < 4.78 is 0. The van der Waals surface area contributed by atoms with Crippen LogP contribution in [0.5, 0.6) is 0 Å². The summed E-state index contributed by atoms with van der Waals surface area (Å²) in [4.78, 5) is 20.5. The zero-order valence-electron chi connectivity index (χ0n) is 18.6. The Morgan fingerprint density at radius 3 is 2.97 bits per heavy atom. The van der Waals surface area contributed by atoms with Gasteiger partial charge in [-0.05, 0) is 54.7 Å². The van der Waals surface area contributed by atoms with Crippen molar-refractivity contribution in [2.75, 3.05) is 24.5 Å². The Hall–Kier alpha value is -3.59. The van der Waals surface area contributed by atoms with Crippen LogP contribution in [0.2, 0.25) is 0 Å². The summed E-state index contributed by atoms with van der Waals surface area (Å²) >= 11 is 0. The Labute approximate surface area is 188 Å². The first-order valence-corrected chi connectivity index (χ1v) is 11.1. The minimum atomic E-state index is 0.0217. The fourth-order valence-corrected chi connectivity index (χ4v) is 5.87. The molecule has 2 aliphatic rings. The molecular formula is C26H27N5O. The van der Waals surface area contributed by atoms with Crippen LogP contribution < -0.4 is 4.90 Å². The second kappa shape index (κ2) is 7.52. The van der Waals surface area contributed by atoms with Gasteiger partial charge in [-0.2, -0.15) is 5.10 Å². The van der Waals surface area contributed by atoms with E-state index in [1.165, 1.54) is 6.08 Å². The Bertz CT molecular complexity index is 1270. The topological polar surface area (TPSA) is 56.6 Å². The molecule has 6 heteroatoms. The molecule has 1 N–H and O–H groups in total. The van der Waals surface area contributed by atoms with Crippen LogP contribution in [0, 0.1) is 18.9 Å². The van der Waals surface area contributed by atoms with Crippen molar-refractivity contribution in [1.29, 1.82) is 0 Å². The number of aromatic nitrogens is 2. The molecule has 32 heavy (non-hydrogen) atoms. The maximum Gasteiger partial charge on any atom is 0.246 e. The van der Waals surface area contributed by atoms with Gasteiger partial charge in [-0.25, -0.2) is 4.85 Å². The van der Waals surface area contributed by atoms with Gasteiger partial charge in [0.1, 0.15) is 0 Å². The highest BCUT2D eigenvalue weighted by molar-refractivity contribution is 6.02. The molecule has 0 saturated carbocycles. The maximum absolute atomic E-state index is 12.2. The molecule has 0 radical (unpaired) electrons. The first-order valence-electron chi connectivity index (χ1n) is 11.1. The number of nitrogens with one attached hydrogen (secondary N) is 1. The first-order chi connectivity index (χ1) is 15.5. The minimum absolute atomic E-state index is 0.0217. The van der Waals surface area contributed by atoms with Crippen LogP contribution in [0.1, 0.15) is 25.3 Å². The van der Waals surface area contributed by atoms with E-state index in [9.17, 15) is 4.79 Å². The maximum atomic E-state index is 12.2. The first kappa shape index (κ1) is 20.3. The second-order valence-corrected chi connectivity index (χ2v) is 9.00. The summed E-state index contributed by atoms with van der Waals surface area (Å²) in [6, 6.07) is 10.5. The van der Waals surface area contributed by atoms with E-state index in [2.05, 4.69) is 52.5 Å². The Morgan fingerprint density at radius 1 is 1.38 bits per heavy atom. The van der Waals surface area contributed by atoms with E-state index in [1.807, 2.05) is 29.3 Å². The van der Waals surface area contributed by atoms with Crippen LogP contribution in [-0.4, -0.2) is 46.7 Å². The highest BCUT2D eigenvalue weighted by Crippen LogP contribution is 2.50. The minimum Gasteiger partial charge on any atom is -0.380 e. The van der Waals surface area contributed by atoms with Crippen LogP contribution in [0.25, 0.3) is 26.9 Å². The summed E-state index contributed by atoms with van der Waals surface area (Å²) in [6.45, 7) is 18.5. The molecule has 5 rings (SSSR count). The number of aromatic amines is 1. The number of aryl methyl sites for hydroxylation is 1. The largest absolute Gasteiger partial charge is 0.380 e. The predicted molar refractivity (Wildman–Crippen MR) is 128 cm³/mol. The number of anilines is 1. The Balaban J connectivity index is 1.52. The molecule has 1 spiro atoms. The number of fused-ring (bicyclic) bond motifs is 1. The van der Waals surface area contributed by atoms with Crippen LogP contribution in [0.15, 0.2) is 49.2 Å². The number of hydrogen-bond donors (Lipinski definition) is 1. The number of benzene rings is 2. The van der Waals surface area contributed by atoms with Gasteiger partial charge in [-0.3, -0.25) is 9.89 Å². The number of amides is 1. The van der Waals surface area contributed by atoms with Crippen molar-refractivity contribution in [3.63, 3.8) is 0 Å². The SMILES string of the molecule is [C-]#[N+]c1c(-c2c(C)ccc3[nH]ncc23)cccc1N1CCC2(C1)CN(C(=O)C=C)C2CC. The number of hydrogen-bond acceptors (Lipinski definition) is 3. The molecule has 2 atom stereocenters. The van der Waals surface area contributed by atoms with Crippen molar-refractivity contribution in [1.82, 2.24) is 15.1 Å². The van der Waals surface area contributed by atoms with Crippen molar-refractivity contribution in [2.24, 2.45) is 5.41 Å². The Morgan fingerprint density at radius 2 is 2.22 bits per heavy atom. The molecule has 162 valence electrons. The average molecular weight is 426 g/mol. The zero-order chi connectivity index (χ0) is 22.5. The molecule has 1 amide bonds. The summed E-state index contributed by atoms with van der Waals surface area (Å²) in [5.74, 6) is 0.0217. The van der Waals surface area contributed by atoms with Crippen LogP contribution >= 0.6 is 0 Å². The van der Waals surface area contributed by atoms with E-state index < -0.39 is 0 Å². The molecule has 6 nitrogen and oxygen atoms in total. The molecule has 2 aliphatic heterocycles. The van der Waals surface area contributed by atoms with Crippen LogP contribution in [-0.2, 0) is 4.79 Å². The molecule has 1 aromatic heterocycles. The average Bonchev–Trinajstić information content (AvgIpc) is 3.45. The van der Waals surface area contributed by atoms with Crippen molar-refractivity contribution in [2.45, 2.75) is 32.7 Å². The van der Waals surface area contributed by atoms with Crippen LogP contribution in [0.3, 0.4) is 0 Å². The van der Waals surface area contributed by atoms with Gasteiger partial charge in [-0.1, -0.05) is 31.7 Å². The number of rotatable bonds is 4. The molecule has 0 bridgehead atoms. The molecular weight excluding hydrogens is 398 g/mol. The van der Waals surface area contributed by atoms with Crippen LogP contribution in [0.4, 0.5) is 11.4 Å². The smallest absolute Gasteiger partial charge is 0.246 e. The van der Waals surface area contributed by atoms with Crippen molar-refractivity contribution < 1.29 is 4.79 Å². The Kier molecular flexibility index (Phi) is 4.78. The fraction of sp³-hybridized carbons (Fsp3) is 0.346. The van der Waals surface area contributed by atoms with Crippen molar-refractivity contribution in [3.05, 3.63) is 66.2 Å². The zero-order valence-corrected chi connectivity index (χ0v) is 18.6. The molecule has 2 saturated heterocycles. The predicted octanol–water partition coefficient (Wildman–Crippen LogP) is 5.09. The number of nitrogens with zero attached hydrogens (tertiary/aromatic N) is 4. The number of likely N-dealkylation sites (tertiary alicyclic amines) is 1. The molecule has 2 unspecified atom stereocenters.